The summed E-state index contributed by atoms with van der Waals surface area (Å²) in [4.78, 5) is 58.8. The number of likely N-dealkylation sites (tertiary alicyclic amines) is 1. The van der Waals surface area contributed by atoms with Gasteiger partial charge in [0.25, 0.3) is 0 Å². The molecule has 14 heteroatoms. The van der Waals surface area contributed by atoms with E-state index >= 15 is 0 Å². The van der Waals surface area contributed by atoms with Crippen LogP contribution in [-0.4, -0.2) is 83.1 Å². The molecule has 1 aliphatic heterocycles. The van der Waals surface area contributed by atoms with Crippen LogP contribution in [0.4, 0.5) is 13.6 Å². The number of methoxy groups -OCH3 is 1. The molecule has 1 aromatic carbocycles. The molecule has 4 amide bonds. The van der Waals surface area contributed by atoms with Crippen LogP contribution >= 0.6 is 0 Å². The molecule has 0 spiro atoms. The Morgan fingerprint density at radius 2 is 1.83 bits per heavy atom. The first kappa shape index (κ1) is 34.6. The van der Waals surface area contributed by atoms with Gasteiger partial charge in [0, 0.05) is 24.4 Å². The number of carbonyl (C=O) groups is 4. The average Bonchev–Trinajstić information content (AvgIpc) is 3.44. The topological polar surface area (TPSA) is 162 Å². The van der Waals surface area contributed by atoms with E-state index in [0.717, 1.165) is 5.39 Å². The zero-order valence-corrected chi connectivity index (χ0v) is 27.2. The van der Waals surface area contributed by atoms with Crippen molar-refractivity contribution in [2.24, 2.45) is 17.1 Å². The lowest BCUT2D eigenvalue weighted by Gasteiger charge is -2.36. The van der Waals surface area contributed by atoms with Crippen LogP contribution in [0, 0.1) is 11.3 Å². The maximum absolute atomic E-state index is 14.2. The van der Waals surface area contributed by atoms with Gasteiger partial charge in [-0.05, 0) is 68.2 Å². The summed E-state index contributed by atoms with van der Waals surface area (Å²) in [6.45, 7) is 10.2. The van der Waals surface area contributed by atoms with Crippen molar-refractivity contribution >= 4 is 34.6 Å². The molecule has 0 bridgehead atoms. The minimum absolute atomic E-state index is 0.0105. The van der Waals surface area contributed by atoms with Crippen LogP contribution in [-0.2, 0) is 19.1 Å². The van der Waals surface area contributed by atoms with Crippen LogP contribution < -0.4 is 25.8 Å². The number of rotatable bonds is 10. The number of benzene rings is 1. The van der Waals surface area contributed by atoms with Crippen molar-refractivity contribution in [1.82, 2.24) is 20.5 Å². The first-order valence-corrected chi connectivity index (χ1v) is 15.1. The molecule has 1 saturated heterocycles. The molecule has 12 nitrogen and oxygen atoms in total. The highest BCUT2D eigenvalue weighted by Gasteiger charge is 2.61. The van der Waals surface area contributed by atoms with Crippen molar-refractivity contribution in [1.29, 1.82) is 0 Å². The summed E-state index contributed by atoms with van der Waals surface area (Å²) in [5.74, 6) is -2.18. The highest BCUT2D eigenvalue weighted by molar-refractivity contribution is 5.97. The van der Waals surface area contributed by atoms with Crippen molar-refractivity contribution in [2.75, 3.05) is 13.7 Å². The lowest BCUT2D eigenvalue weighted by molar-refractivity contribution is -0.143. The highest BCUT2D eigenvalue weighted by Crippen LogP contribution is 2.47. The smallest absolute Gasteiger partial charge is 0.408 e. The standard InChI is InChI=1S/C32H43F2N5O7/c1-30(2,3)24(37-29(43)46-31(4,5)6)27(41)39-16-20(45-26-21-9-8-19(44-7)12-17(21)10-11-36-26)14-22(39)25(40)38-32(28(35)42)15-18(32)13-23(33)34/h8-12,18,20,22-24H,13-16H2,1-7H3,(H2,35,42)(H,37,43)(H,38,40)/t18-,20-,22+,24-,32-/m1/s1. The number of fused-ring (bicyclic) bond motifs is 1. The lowest BCUT2D eigenvalue weighted by atomic mass is 9.85. The number of hydrogen-bond acceptors (Lipinski definition) is 8. The zero-order chi connectivity index (χ0) is 34.2. The number of carbonyl (C=O) groups excluding carboxylic acids is 4. The first-order chi connectivity index (χ1) is 21.3. The molecule has 2 aromatic rings. The van der Waals surface area contributed by atoms with E-state index in [1.54, 1.807) is 73.0 Å². The third-order valence-corrected chi connectivity index (χ3v) is 8.19. The summed E-state index contributed by atoms with van der Waals surface area (Å²) in [6.07, 6.45) is -3.33. The van der Waals surface area contributed by atoms with Crippen molar-refractivity contribution in [3.8, 4) is 11.6 Å². The molecular weight excluding hydrogens is 604 g/mol. The monoisotopic (exact) mass is 647 g/mol. The molecule has 1 saturated carbocycles. The van der Waals surface area contributed by atoms with E-state index < -0.39 is 77.3 Å². The van der Waals surface area contributed by atoms with Gasteiger partial charge in [-0.25, -0.2) is 18.6 Å². The molecule has 2 fully saturated rings. The molecule has 2 heterocycles. The van der Waals surface area contributed by atoms with Crippen molar-refractivity contribution < 1.29 is 42.2 Å². The summed E-state index contributed by atoms with van der Waals surface area (Å²) in [7, 11) is 1.55. The average molecular weight is 648 g/mol. The number of nitrogens with zero attached hydrogens (tertiary/aromatic N) is 2. The van der Waals surface area contributed by atoms with Gasteiger partial charge >= 0.3 is 6.09 Å². The van der Waals surface area contributed by atoms with Gasteiger partial charge in [0.1, 0.15) is 35.1 Å². The fourth-order valence-corrected chi connectivity index (χ4v) is 5.77. The lowest BCUT2D eigenvalue weighted by Crippen LogP contribution is -2.60. The number of aromatic nitrogens is 1. The van der Waals surface area contributed by atoms with E-state index in [0.29, 0.717) is 11.1 Å². The number of alkyl carbamates (subject to hydrolysis) is 1. The normalized spacial score (nSPS) is 23.5. The van der Waals surface area contributed by atoms with Crippen LogP contribution in [0.3, 0.4) is 0 Å². The Morgan fingerprint density at radius 3 is 2.41 bits per heavy atom. The van der Waals surface area contributed by atoms with Gasteiger partial charge in [0.2, 0.25) is 30.0 Å². The number of hydrogen-bond donors (Lipinski definition) is 3. The van der Waals surface area contributed by atoms with Crippen LogP contribution in [0.25, 0.3) is 10.8 Å². The van der Waals surface area contributed by atoms with Crippen molar-refractivity contribution in [2.45, 2.75) is 96.6 Å². The fraction of sp³-hybridized carbons (Fsp3) is 0.594. The number of ether oxygens (including phenoxy) is 3. The molecule has 252 valence electrons. The number of halogens is 2. The SMILES string of the molecule is COc1ccc2c(O[C@@H]3C[C@@H](C(=O)N[C@]4(C(N)=O)C[C@H]4CC(F)F)N(C(=O)[C@@H](NC(=O)OC(C)(C)C)C(C)(C)C)C3)nccc2c1. The Hall–Kier alpha value is -4.23. The van der Waals surface area contributed by atoms with Crippen LogP contribution in [0.5, 0.6) is 11.6 Å². The maximum Gasteiger partial charge on any atom is 0.408 e. The molecule has 2 aliphatic rings. The Balaban J connectivity index is 1.64. The fourth-order valence-electron chi connectivity index (χ4n) is 5.77. The molecule has 4 rings (SSSR count). The van der Waals surface area contributed by atoms with E-state index in [1.165, 1.54) is 4.90 Å². The molecule has 0 unspecified atom stereocenters. The second kappa shape index (κ2) is 12.9. The van der Waals surface area contributed by atoms with Gasteiger partial charge in [-0.3, -0.25) is 14.4 Å². The van der Waals surface area contributed by atoms with Gasteiger partial charge in [-0.1, -0.05) is 20.8 Å². The first-order valence-electron chi connectivity index (χ1n) is 15.1. The second-order valence-corrected chi connectivity index (χ2v) is 14.0. The number of amides is 4. The summed E-state index contributed by atoms with van der Waals surface area (Å²) >= 11 is 0. The summed E-state index contributed by atoms with van der Waals surface area (Å²) in [5, 5.41) is 6.71. The quantitative estimate of drug-likeness (QED) is 0.353. The summed E-state index contributed by atoms with van der Waals surface area (Å²) in [5.41, 5.74) is 2.28. The Bertz CT molecular complexity index is 1490. The van der Waals surface area contributed by atoms with Gasteiger partial charge in [0.15, 0.2) is 0 Å². The van der Waals surface area contributed by atoms with Gasteiger partial charge in [0.05, 0.1) is 13.7 Å². The number of primary amides is 1. The molecule has 46 heavy (non-hydrogen) atoms. The van der Waals surface area contributed by atoms with Gasteiger partial charge < -0.3 is 35.5 Å². The number of pyridine rings is 1. The second-order valence-electron chi connectivity index (χ2n) is 14.0. The Morgan fingerprint density at radius 1 is 1.13 bits per heavy atom. The molecule has 1 aliphatic carbocycles. The molecule has 0 radical (unpaired) electrons. The van der Waals surface area contributed by atoms with E-state index in [4.69, 9.17) is 19.9 Å². The third kappa shape index (κ3) is 7.76. The molecular formula is C32H43F2N5O7. The maximum atomic E-state index is 14.2. The largest absolute Gasteiger partial charge is 0.497 e. The highest BCUT2D eigenvalue weighted by atomic mass is 19.3. The minimum atomic E-state index is -2.69. The van der Waals surface area contributed by atoms with Gasteiger partial charge in [-0.15, -0.1) is 0 Å². The van der Waals surface area contributed by atoms with Crippen LogP contribution in [0.15, 0.2) is 30.5 Å². The number of nitrogens with one attached hydrogen (secondary N) is 2. The van der Waals surface area contributed by atoms with E-state index in [1.807, 2.05) is 6.07 Å². The molecule has 4 N–H and O–H groups in total. The van der Waals surface area contributed by atoms with Crippen molar-refractivity contribution in [3.05, 3.63) is 30.5 Å². The summed E-state index contributed by atoms with van der Waals surface area (Å²) < 4.78 is 43.3. The van der Waals surface area contributed by atoms with Gasteiger partial charge in [-0.2, -0.15) is 0 Å². The third-order valence-electron chi connectivity index (χ3n) is 8.19. The van der Waals surface area contributed by atoms with Crippen molar-refractivity contribution in [3.63, 3.8) is 0 Å². The zero-order valence-electron chi connectivity index (χ0n) is 27.2. The number of nitrogens with two attached hydrogens (primary N) is 1. The Labute approximate surface area is 266 Å². The van der Waals surface area contributed by atoms with Crippen LogP contribution in [0.2, 0.25) is 0 Å². The van der Waals surface area contributed by atoms with E-state index in [2.05, 4.69) is 15.6 Å². The minimum Gasteiger partial charge on any atom is -0.497 e. The summed E-state index contributed by atoms with van der Waals surface area (Å²) in [6, 6.07) is 4.83. The van der Waals surface area contributed by atoms with Crippen LogP contribution in [0.1, 0.15) is 60.8 Å². The molecule has 1 aromatic heterocycles. The number of alkyl halides is 2. The Kier molecular flexibility index (Phi) is 9.70. The molecule has 5 atom stereocenters. The predicted molar refractivity (Wildman–Crippen MR) is 164 cm³/mol. The predicted octanol–water partition coefficient (Wildman–Crippen LogP) is 3.55. The van der Waals surface area contributed by atoms with E-state index in [9.17, 15) is 28.0 Å². The van der Waals surface area contributed by atoms with E-state index in [-0.39, 0.29) is 25.3 Å².